The summed E-state index contributed by atoms with van der Waals surface area (Å²) in [6.45, 7) is 6.91. The third-order valence-electron chi connectivity index (χ3n) is 4.13. The van der Waals surface area contributed by atoms with Crippen LogP contribution in [0.25, 0.3) is 0 Å². The second-order valence-electron chi connectivity index (χ2n) is 6.46. The van der Waals surface area contributed by atoms with Gasteiger partial charge in [0.1, 0.15) is 11.9 Å². The molecule has 0 saturated carbocycles. The van der Waals surface area contributed by atoms with Crippen LogP contribution in [0.3, 0.4) is 0 Å². The number of halogens is 1. The molecule has 0 radical (unpaired) electrons. The van der Waals surface area contributed by atoms with Crippen LogP contribution < -0.4 is 16.3 Å². The average Bonchev–Trinajstić information content (AvgIpc) is 2.56. The van der Waals surface area contributed by atoms with Crippen molar-refractivity contribution in [3.8, 4) is 0 Å². The van der Waals surface area contributed by atoms with Gasteiger partial charge in [-0.15, -0.1) is 0 Å². The number of carbonyl (C=O) groups is 2. The molecule has 2 N–H and O–H groups in total. The van der Waals surface area contributed by atoms with Crippen molar-refractivity contribution in [1.29, 1.82) is 0 Å². The molecule has 0 aliphatic carbocycles. The molecule has 144 valence electrons. The number of aryl methyl sites for hydroxylation is 3. The summed E-state index contributed by atoms with van der Waals surface area (Å²) in [5.74, 6) is -1.16. The smallest absolute Gasteiger partial charge is 0.345 e. The lowest BCUT2D eigenvalue weighted by atomic mass is 10.2. The van der Waals surface area contributed by atoms with Crippen LogP contribution in [0.1, 0.15) is 30.3 Å². The quantitative estimate of drug-likeness (QED) is 0.807. The van der Waals surface area contributed by atoms with E-state index in [4.69, 9.17) is 0 Å². The zero-order valence-electron chi connectivity index (χ0n) is 15.8. The number of amides is 2. The number of aromatic nitrogens is 2. The van der Waals surface area contributed by atoms with Crippen LogP contribution in [0.4, 0.5) is 10.1 Å². The molecule has 1 aromatic carbocycles. The fourth-order valence-electron chi connectivity index (χ4n) is 2.65. The Morgan fingerprint density at radius 1 is 1.22 bits per heavy atom. The van der Waals surface area contributed by atoms with Crippen LogP contribution in [-0.2, 0) is 16.1 Å². The van der Waals surface area contributed by atoms with Crippen LogP contribution in [0.5, 0.6) is 0 Å². The summed E-state index contributed by atoms with van der Waals surface area (Å²) >= 11 is 0. The third-order valence-corrected chi connectivity index (χ3v) is 4.13. The van der Waals surface area contributed by atoms with Crippen molar-refractivity contribution >= 4 is 17.5 Å². The van der Waals surface area contributed by atoms with Gasteiger partial charge in [0, 0.05) is 30.0 Å². The van der Waals surface area contributed by atoms with E-state index in [1.54, 1.807) is 33.8 Å². The summed E-state index contributed by atoms with van der Waals surface area (Å²) < 4.78 is 14.5. The normalized spacial score (nSPS) is 11.7. The number of hydrogen-bond acceptors (Lipinski definition) is 4. The number of benzene rings is 1. The summed E-state index contributed by atoms with van der Waals surface area (Å²) in [4.78, 5) is 40.1. The zero-order valence-corrected chi connectivity index (χ0v) is 15.8. The molecule has 8 heteroatoms. The molecule has 27 heavy (non-hydrogen) atoms. The van der Waals surface area contributed by atoms with E-state index in [0.29, 0.717) is 16.9 Å². The molecule has 1 heterocycles. The van der Waals surface area contributed by atoms with E-state index in [2.05, 4.69) is 15.6 Å². The van der Waals surface area contributed by atoms with Crippen LogP contribution in [0, 0.1) is 26.6 Å². The predicted molar refractivity (Wildman–Crippen MR) is 100.0 cm³/mol. The molecule has 1 atom stereocenters. The molecule has 7 nitrogen and oxygen atoms in total. The highest BCUT2D eigenvalue weighted by Crippen LogP contribution is 2.15. The molecule has 1 unspecified atom stereocenters. The SMILES string of the molecule is Cc1cc(C)n(CCC(=O)NC(C)C(=O)Nc2ccc(F)cc2C)c(=O)n1. The predicted octanol–water partition coefficient (Wildman–Crippen LogP) is 1.84. The minimum absolute atomic E-state index is 0.0404. The number of rotatable bonds is 6. The lowest BCUT2D eigenvalue weighted by molar-refractivity contribution is -0.126. The molecule has 1 aromatic heterocycles. The maximum absolute atomic E-state index is 13.1. The molecule has 0 spiro atoms. The maximum atomic E-state index is 13.1. The van der Waals surface area contributed by atoms with Gasteiger partial charge in [0.2, 0.25) is 11.8 Å². The van der Waals surface area contributed by atoms with Crippen molar-refractivity contribution in [1.82, 2.24) is 14.9 Å². The molecule has 2 aromatic rings. The van der Waals surface area contributed by atoms with Crippen LogP contribution >= 0.6 is 0 Å². The molecule has 0 aliphatic heterocycles. The van der Waals surface area contributed by atoms with Gasteiger partial charge in [-0.2, -0.15) is 4.98 Å². The minimum Gasteiger partial charge on any atom is -0.345 e. The monoisotopic (exact) mass is 374 g/mol. The van der Waals surface area contributed by atoms with Gasteiger partial charge >= 0.3 is 5.69 Å². The van der Waals surface area contributed by atoms with Gasteiger partial charge < -0.3 is 10.6 Å². The Labute approximate surface area is 156 Å². The standard InChI is InChI=1S/C19H23FN4O3/c1-11-9-15(20)5-6-16(11)23-18(26)14(4)22-17(25)7-8-24-13(3)10-12(2)21-19(24)27/h5-6,9-10,14H,7-8H2,1-4H3,(H,22,25)(H,23,26). The average molecular weight is 374 g/mol. The second-order valence-corrected chi connectivity index (χ2v) is 6.46. The van der Waals surface area contributed by atoms with E-state index in [9.17, 15) is 18.8 Å². The first-order valence-electron chi connectivity index (χ1n) is 8.59. The largest absolute Gasteiger partial charge is 0.347 e. The summed E-state index contributed by atoms with van der Waals surface area (Å²) in [5.41, 5.74) is 2.01. The van der Waals surface area contributed by atoms with Crippen LogP contribution in [0.2, 0.25) is 0 Å². The number of carbonyl (C=O) groups excluding carboxylic acids is 2. The molecule has 0 aliphatic rings. The van der Waals surface area contributed by atoms with Crippen LogP contribution in [0.15, 0.2) is 29.1 Å². The highest BCUT2D eigenvalue weighted by atomic mass is 19.1. The van der Waals surface area contributed by atoms with Gasteiger partial charge in [-0.05, 0) is 57.5 Å². The Balaban J connectivity index is 1.91. The van der Waals surface area contributed by atoms with Crippen LogP contribution in [-0.4, -0.2) is 27.4 Å². The summed E-state index contributed by atoms with van der Waals surface area (Å²) in [5, 5.41) is 5.25. The van der Waals surface area contributed by atoms with E-state index in [0.717, 1.165) is 5.69 Å². The molecule has 0 saturated heterocycles. The number of anilines is 1. The number of hydrogen-bond donors (Lipinski definition) is 2. The molecule has 0 fully saturated rings. The van der Waals surface area contributed by atoms with Crippen molar-refractivity contribution in [2.24, 2.45) is 0 Å². The van der Waals surface area contributed by atoms with E-state index in [1.165, 1.54) is 22.8 Å². The van der Waals surface area contributed by atoms with Gasteiger partial charge in [-0.1, -0.05) is 0 Å². The summed E-state index contributed by atoms with van der Waals surface area (Å²) in [6.07, 6.45) is 0.0404. The first kappa shape index (κ1) is 20.3. The van der Waals surface area contributed by atoms with Gasteiger partial charge in [0.05, 0.1) is 0 Å². The zero-order chi connectivity index (χ0) is 20.1. The number of nitrogens with one attached hydrogen (secondary N) is 2. The first-order valence-corrected chi connectivity index (χ1v) is 8.59. The molecular weight excluding hydrogens is 351 g/mol. The molecular formula is C19H23FN4O3. The lowest BCUT2D eigenvalue weighted by Crippen LogP contribution is -2.42. The highest BCUT2D eigenvalue weighted by Gasteiger charge is 2.17. The van der Waals surface area contributed by atoms with E-state index < -0.39 is 17.6 Å². The highest BCUT2D eigenvalue weighted by molar-refractivity contribution is 5.97. The fourth-order valence-corrected chi connectivity index (χ4v) is 2.65. The molecule has 0 bridgehead atoms. The van der Waals surface area contributed by atoms with Crippen molar-refractivity contribution in [3.63, 3.8) is 0 Å². The Hall–Kier alpha value is -3.03. The minimum atomic E-state index is -0.782. The Morgan fingerprint density at radius 3 is 2.56 bits per heavy atom. The van der Waals surface area contributed by atoms with Gasteiger partial charge in [-0.3, -0.25) is 14.2 Å². The van der Waals surface area contributed by atoms with Gasteiger partial charge in [0.25, 0.3) is 0 Å². The maximum Gasteiger partial charge on any atom is 0.347 e. The van der Waals surface area contributed by atoms with E-state index in [-0.39, 0.29) is 24.7 Å². The Morgan fingerprint density at radius 2 is 1.93 bits per heavy atom. The van der Waals surface area contributed by atoms with E-state index >= 15 is 0 Å². The lowest BCUT2D eigenvalue weighted by Gasteiger charge is -2.16. The molecule has 2 amide bonds. The molecule has 2 rings (SSSR count). The van der Waals surface area contributed by atoms with Crippen molar-refractivity contribution in [3.05, 3.63) is 57.5 Å². The summed E-state index contributed by atoms with van der Waals surface area (Å²) in [6, 6.07) is 5.02. The van der Waals surface area contributed by atoms with Crippen molar-refractivity contribution in [2.75, 3.05) is 5.32 Å². The second kappa shape index (κ2) is 8.57. The summed E-state index contributed by atoms with van der Waals surface area (Å²) in [7, 11) is 0. The topological polar surface area (TPSA) is 93.1 Å². The van der Waals surface area contributed by atoms with Crippen molar-refractivity contribution in [2.45, 2.75) is 46.7 Å². The fraction of sp³-hybridized carbons (Fsp3) is 0.368. The number of nitrogens with zero attached hydrogens (tertiary/aromatic N) is 2. The van der Waals surface area contributed by atoms with E-state index in [1.807, 2.05) is 0 Å². The van der Waals surface area contributed by atoms with Gasteiger partial charge in [0.15, 0.2) is 0 Å². The Bertz CT molecular complexity index is 924. The Kier molecular flexibility index (Phi) is 6.44. The van der Waals surface area contributed by atoms with Crippen molar-refractivity contribution < 1.29 is 14.0 Å². The third kappa shape index (κ3) is 5.47. The first-order chi connectivity index (χ1) is 12.7. The van der Waals surface area contributed by atoms with Gasteiger partial charge in [-0.25, -0.2) is 9.18 Å².